The lowest BCUT2D eigenvalue weighted by Crippen LogP contribution is -2.39. The fourth-order valence-corrected chi connectivity index (χ4v) is 1.21. The predicted octanol–water partition coefficient (Wildman–Crippen LogP) is 1.40. The van der Waals surface area contributed by atoms with Gasteiger partial charge in [-0.1, -0.05) is 0 Å². The Morgan fingerprint density at radius 2 is 1.83 bits per heavy atom. The Bertz CT molecular complexity index is 491. The van der Waals surface area contributed by atoms with Gasteiger partial charge in [-0.05, 0) is 19.1 Å². The van der Waals surface area contributed by atoms with E-state index >= 15 is 0 Å². The summed E-state index contributed by atoms with van der Waals surface area (Å²) in [7, 11) is 1.11. The molecule has 7 heteroatoms. The molecule has 1 N–H and O–H groups in total. The quantitative estimate of drug-likeness (QED) is 0.661. The minimum Gasteiger partial charge on any atom is -0.467 e. The van der Waals surface area contributed by atoms with E-state index in [1.54, 1.807) is 0 Å². The smallest absolute Gasteiger partial charge is 0.328 e. The molecule has 0 saturated heterocycles. The Balaban J connectivity index is 2.92. The van der Waals surface area contributed by atoms with Crippen molar-refractivity contribution in [1.29, 1.82) is 0 Å². The number of ether oxygens (including phenoxy) is 1. The largest absolute Gasteiger partial charge is 0.467 e. The fraction of sp³-hybridized carbons (Fsp3) is 0.273. The lowest BCUT2D eigenvalue weighted by molar-refractivity contribution is -0.142. The van der Waals surface area contributed by atoms with Gasteiger partial charge in [0, 0.05) is 0 Å². The number of carbonyl (C=O) groups excluding carboxylic acids is 2. The number of esters is 1. The Kier molecular flexibility index (Phi) is 4.30. The molecule has 0 bridgehead atoms. The first-order valence-electron chi connectivity index (χ1n) is 4.90. The highest BCUT2D eigenvalue weighted by atomic mass is 19.2. The molecule has 0 heterocycles. The summed E-state index contributed by atoms with van der Waals surface area (Å²) in [6.07, 6.45) is 0. The number of methoxy groups -OCH3 is 1. The molecule has 0 aromatic heterocycles. The maximum atomic E-state index is 13.3. The zero-order valence-corrected chi connectivity index (χ0v) is 9.59. The van der Waals surface area contributed by atoms with Crippen LogP contribution in [0, 0.1) is 17.5 Å². The predicted molar refractivity (Wildman–Crippen MR) is 55.3 cm³/mol. The Labute approximate surface area is 101 Å². The van der Waals surface area contributed by atoms with Crippen LogP contribution in [0.25, 0.3) is 0 Å². The number of rotatable bonds is 3. The highest BCUT2D eigenvalue weighted by Gasteiger charge is 2.22. The van der Waals surface area contributed by atoms with Gasteiger partial charge in [0.05, 0.1) is 12.7 Å². The van der Waals surface area contributed by atoms with Crippen LogP contribution >= 0.6 is 0 Å². The molecule has 18 heavy (non-hydrogen) atoms. The molecule has 0 spiro atoms. The average Bonchev–Trinajstić information content (AvgIpc) is 2.34. The Morgan fingerprint density at radius 3 is 2.39 bits per heavy atom. The van der Waals surface area contributed by atoms with Gasteiger partial charge < -0.3 is 10.1 Å². The molecular weight excluding hydrogens is 251 g/mol. The van der Waals surface area contributed by atoms with E-state index in [1.807, 2.05) is 0 Å². The van der Waals surface area contributed by atoms with Crippen molar-refractivity contribution in [3.8, 4) is 0 Å². The number of benzene rings is 1. The van der Waals surface area contributed by atoms with Gasteiger partial charge in [-0.2, -0.15) is 0 Å². The number of hydrogen-bond acceptors (Lipinski definition) is 3. The molecule has 0 fully saturated rings. The normalized spacial score (nSPS) is 11.8. The molecule has 1 amide bonds. The number of hydrogen-bond donors (Lipinski definition) is 1. The molecule has 0 aliphatic heterocycles. The summed E-state index contributed by atoms with van der Waals surface area (Å²) in [5.74, 6) is -6.53. The Morgan fingerprint density at radius 1 is 1.22 bits per heavy atom. The van der Waals surface area contributed by atoms with Crippen LogP contribution in [0.1, 0.15) is 17.3 Å². The van der Waals surface area contributed by atoms with Crippen molar-refractivity contribution in [2.45, 2.75) is 13.0 Å². The van der Waals surface area contributed by atoms with E-state index in [2.05, 4.69) is 10.1 Å². The van der Waals surface area contributed by atoms with E-state index in [-0.39, 0.29) is 0 Å². The van der Waals surface area contributed by atoms with Gasteiger partial charge in [-0.15, -0.1) is 0 Å². The van der Waals surface area contributed by atoms with Crippen LogP contribution in [0.5, 0.6) is 0 Å². The summed E-state index contributed by atoms with van der Waals surface area (Å²) in [5.41, 5.74) is -0.690. The third-order valence-electron chi connectivity index (χ3n) is 2.18. The molecule has 4 nitrogen and oxygen atoms in total. The number of nitrogens with one attached hydrogen (secondary N) is 1. The summed E-state index contributed by atoms with van der Waals surface area (Å²) in [5, 5.41) is 2.09. The van der Waals surface area contributed by atoms with Crippen LogP contribution in [-0.4, -0.2) is 25.0 Å². The van der Waals surface area contributed by atoms with Crippen LogP contribution in [-0.2, 0) is 9.53 Å². The molecule has 1 unspecified atom stereocenters. The fourth-order valence-electron chi connectivity index (χ4n) is 1.21. The van der Waals surface area contributed by atoms with E-state index in [9.17, 15) is 22.8 Å². The first kappa shape index (κ1) is 14.0. The number of amides is 1. The maximum Gasteiger partial charge on any atom is 0.328 e. The zero-order chi connectivity index (χ0) is 13.9. The Hall–Kier alpha value is -2.05. The maximum absolute atomic E-state index is 13.3. The molecule has 0 aliphatic carbocycles. The number of halogens is 3. The minimum atomic E-state index is -1.74. The summed E-state index contributed by atoms with van der Waals surface area (Å²) < 4.78 is 43.1. The molecule has 1 rings (SSSR count). The highest BCUT2D eigenvalue weighted by Crippen LogP contribution is 2.15. The second-order valence-corrected chi connectivity index (χ2v) is 3.44. The molecule has 0 radical (unpaired) electrons. The van der Waals surface area contributed by atoms with Crippen LogP contribution < -0.4 is 5.32 Å². The van der Waals surface area contributed by atoms with Gasteiger partial charge in [-0.25, -0.2) is 18.0 Å². The van der Waals surface area contributed by atoms with Gasteiger partial charge in [-0.3, -0.25) is 4.79 Å². The third kappa shape index (κ3) is 2.79. The lowest BCUT2D eigenvalue weighted by Gasteiger charge is -2.12. The summed E-state index contributed by atoms with van der Waals surface area (Å²) in [4.78, 5) is 22.5. The van der Waals surface area contributed by atoms with Gasteiger partial charge in [0.2, 0.25) is 0 Å². The van der Waals surface area contributed by atoms with Crippen molar-refractivity contribution >= 4 is 11.9 Å². The van der Waals surface area contributed by atoms with Crippen molar-refractivity contribution in [3.63, 3.8) is 0 Å². The second kappa shape index (κ2) is 5.52. The molecule has 0 aliphatic rings. The average molecular weight is 261 g/mol. The second-order valence-electron chi connectivity index (χ2n) is 3.44. The van der Waals surface area contributed by atoms with Gasteiger partial charge >= 0.3 is 5.97 Å². The van der Waals surface area contributed by atoms with Crippen molar-refractivity contribution in [3.05, 3.63) is 35.1 Å². The first-order chi connectivity index (χ1) is 8.38. The molecule has 1 aromatic rings. The van der Waals surface area contributed by atoms with Gasteiger partial charge in [0.1, 0.15) is 6.04 Å². The van der Waals surface area contributed by atoms with Crippen molar-refractivity contribution < 1.29 is 27.5 Å². The third-order valence-corrected chi connectivity index (χ3v) is 2.18. The van der Waals surface area contributed by atoms with Crippen LogP contribution in [0.4, 0.5) is 13.2 Å². The van der Waals surface area contributed by atoms with Crippen LogP contribution in [0.2, 0.25) is 0 Å². The van der Waals surface area contributed by atoms with Crippen LogP contribution in [0.3, 0.4) is 0 Å². The van der Waals surface area contributed by atoms with Gasteiger partial charge in [0.25, 0.3) is 5.91 Å². The summed E-state index contributed by atoms with van der Waals surface area (Å²) in [6, 6.07) is 0.374. The molecular formula is C11H10F3NO3. The van der Waals surface area contributed by atoms with Gasteiger partial charge in [0.15, 0.2) is 17.5 Å². The molecule has 1 atom stereocenters. The zero-order valence-electron chi connectivity index (χ0n) is 9.59. The molecule has 1 aromatic carbocycles. The molecule has 98 valence electrons. The van der Waals surface area contributed by atoms with E-state index in [0.717, 1.165) is 13.2 Å². The summed E-state index contributed by atoms with van der Waals surface area (Å²) >= 11 is 0. The highest BCUT2D eigenvalue weighted by molar-refractivity contribution is 5.96. The SMILES string of the molecule is COC(=O)C(C)NC(=O)c1ccc(F)c(F)c1F. The topological polar surface area (TPSA) is 55.4 Å². The van der Waals surface area contributed by atoms with Crippen molar-refractivity contribution in [2.24, 2.45) is 0 Å². The standard InChI is InChI=1S/C11H10F3NO3/c1-5(11(17)18-2)15-10(16)6-3-4-7(12)9(14)8(6)13/h3-5H,1-2H3,(H,15,16). The van der Waals surface area contributed by atoms with E-state index in [0.29, 0.717) is 6.07 Å². The van der Waals surface area contributed by atoms with Crippen LogP contribution in [0.15, 0.2) is 12.1 Å². The first-order valence-corrected chi connectivity index (χ1v) is 4.90. The monoisotopic (exact) mass is 261 g/mol. The minimum absolute atomic E-state index is 0.621. The number of carbonyl (C=O) groups is 2. The van der Waals surface area contributed by atoms with Crippen molar-refractivity contribution in [1.82, 2.24) is 5.32 Å². The molecule has 0 saturated carbocycles. The van der Waals surface area contributed by atoms with E-state index in [1.165, 1.54) is 6.92 Å². The van der Waals surface area contributed by atoms with E-state index < -0.39 is 40.9 Å². The van der Waals surface area contributed by atoms with E-state index in [4.69, 9.17) is 0 Å². The lowest BCUT2D eigenvalue weighted by atomic mass is 10.1. The van der Waals surface area contributed by atoms with Crippen molar-refractivity contribution in [2.75, 3.05) is 7.11 Å². The summed E-state index contributed by atoms with van der Waals surface area (Å²) in [6.45, 7) is 1.31.